The lowest BCUT2D eigenvalue weighted by Gasteiger charge is -2.23. The number of Topliss-reactive ketones (excluding diaryl/α,β-unsaturated/α-hetero) is 1. The van der Waals surface area contributed by atoms with Gasteiger partial charge in [-0.15, -0.1) is 0 Å². The van der Waals surface area contributed by atoms with E-state index in [0.29, 0.717) is 35.9 Å². The number of carbonyl (C=O) groups is 2. The van der Waals surface area contributed by atoms with Crippen molar-refractivity contribution >= 4 is 27.7 Å². The molecule has 0 amide bonds. The van der Waals surface area contributed by atoms with Crippen molar-refractivity contribution in [2.24, 2.45) is 0 Å². The molecule has 0 aromatic heterocycles. The lowest BCUT2D eigenvalue weighted by Crippen LogP contribution is -2.37. The van der Waals surface area contributed by atoms with Crippen LogP contribution >= 0.6 is 15.9 Å². The molecule has 0 atom stereocenters. The van der Waals surface area contributed by atoms with E-state index in [0.717, 1.165) is 0 Å². The molecule has 1 N–H and O–H groups in total. The zero-order valence-corrected chi connectivity index (χ0v) is 15.1. The van der Waals surface area contributed by atoms with Gasteiger partial charge in [0, 0.05) is 10.9 Å². The number of esters is 1. The molecule has 1 aromatic rings. The summed E-state index contributed by atoms with van der Waals surface area (Å²) in [6, 6.07) is 6.59. The van der Waals surface area contributed by atoms with Crippen LogP contribution in [0.25, 0.3) is 0 Å². The second-order valence-electron chi connectivity index (χ2n) is 5.10. The van der Waals surface area contributed by atoms with Gasteiger partial charge in [-0.25, -0.2) is 0 Å². The largest absolute Gasteiger partial charge is 0.490 e. The fourth-order valence-corrected chi connectivity index (χ4v) is 2.33. The smallest absolute Gasteiger partial charge is 0.306 e. The Morgan fingerprint density at radius 1 is 1.13 bits per heavy atom. The number of ketones is 1. The lowest BCUT2D eigenvalue weighted by atomic mass is 9.88. The molecule has 0 radical (unpaired) electrons. The minimum absolute atomic E-state index is 0.179. The number of rotatable bonds is 10. The van der Waals surface area contributed by atoms with Gasteiger partial charge in [-0.2, -0.15) is 0 Å². The Morgan fingerprint density at radius 3 is 2.26 bits per heavy atom. The highest BCUT2D eigenvalue weighted by molar-refractivity contribution is 9.09. The highest BCUT2D eigenvalue weighted by Crippen LogP contribution is 2.22. The number of alkyl halides is 1. The minimum atomic E-state index is -1.31. The van der Waals surface area contributed by atoms with E-state index in [1.54, 1.807) is 38.1 Å². The van der Waals surface area contributed by atoms with Gasteiger partial charge < -0.3 is 14.6 Å². The molecule has 0 fully saturated rings. The zero-order valence-electron chi connectivity index (χ0n) is 13.5. The van der Waals surface area contributed by atoms with Gasteiger partial charge in [0.25, 0.3) is 0 Å². The Morgan fingerprint density at radius 2 is 1.74 bits per heavy atom. The third-order valence-electron chi connectivity index (χ3n) is 3.62. The molecule has 23 heavy (non-hydrogen) atoms. The molecule has 0 bridgehead atoms. The van der Waals surface area contributed by atoms with E-state index in [4.69, 9.17) is 9.47 Å². The number of benzene rings is 1. The van der Waals surface area contributed by atoms with Crippen molar-refractivity contribution in [2.75, 3.05) is 18.5 Å². The summed E-state index contributed by atoms with van der Waals surface area (Å²) in [7, 11) is 0. The van der Waals surface area contributed by atoms with Gasteiger partial charge in [-0.1, -0.05) is 29.8 Å². The van der Waals surface area contributed by atoms with Crippen LogP contribution in [0, 0.1) is 0 Å². The highest BCUT2D eigenvalue weighted by atomic mass is 79.9. The van der Waals surface area contributed by atoms with Crippen LogP contribution in [0.4, 0.5) is 0 Å². The van der Waals surface area contributed by atoms with E-state index < -0.39 is 5.60 Å². The van der Waals surface area contributed by atoms with E-state index in [-0.39, 0.29) is 25.0 Å². The Hall–Kier alpha value is -1.40. The highest BCUT2D eigenvalue weighted by Gasteiger charge is 2.32. The van der Waals surface area contributed by atoms with Gasteiger partial charge >= 0.3 is 5.97 Å². The number of hydrogen-bond acceptors (Lipinski definition) is 5. The zero-order chi connectivity index (χ0) is 17.3. The fraction of sp³-hybridized carbons (Fsp3) is 0.529. The molecule has 0 spiro atoms. The summed E-state index contributed by atoms with van der Waals surface area (Å²) in [4.78, 5) is 23.4. The number of halogens is 1. The third kappa shape index (κ3) is 5.95. The van der Waals surface area contributed by atoms with Crippen molar-refractivity contribution in [1.29, 1.82) is 0 Å². The summed E-state index contributed by atoms with van der Waals surface area (Å²) in [5, 5.41) is 10.8. The summed E-state index contributed by atoms with van der Waals surface area (Å²) in [5.41, 5.74) is -0.862. The van der Waals surface area contributed by atoms with Crippen LogP contribution < -0.4 is 4.74 Å². The first-order valence-corrected chi connectivity index (χ1v) is 8.80. The summed E-state index contributed by atoms with van der Waals surface area (Å²) in [6.07, 6.45) is 1.08. The molecule has 0 aliphatic carbocycles. The molecular weight excluding hydrogens is 364 g/mol. The number of hydrogen-bond donors (Lipinski definition) is 1. The first-order valence-electron chi connectivity index (χ1n) is 7.68. The summed E-state index contributed by atoms with van der Waals surface area (Å²) in [6.45, 7) is 4.00. The van der Waals surface area contributed by atoms with Crippen LogP contribution in [0.3, 0.4) is 0 Å². The molecule has 0 aliphatic heterocycles. The van der Waals surface area contributed by atoms with E-state index in [2.05, 4.69) is 15.9 Å². The van der Waals surface area contributed by atoms with Crippen molar-refractivity contribution in [3.05, 3.63) is 29.8 Å². The van der Waals surface area contributed by atoms with Gasteiger partial charge in [0.2, 0.25) is 0 Å². The van der Waals surface area contributed by atoms with Crippen molar-refractivity contribution in [1.82, 2.24) is 0 Å². The molecule has 5 nitrogen and oxygen atoms in total. The Kier molecular flexibility index (Phi) is 8.26. The summed E-state index contributed by atoms with van der Waals surface area (Å²) >= 11 is 3.16. The lowest BCUT2D eigenvalue weighted by molar-refractivity contribution is -0.143. The molecule has 0 unspecified atom stereocenters. The molecule has 1 rings (SSSR count). The Labute approximate surface area is 145 Å². The second kappa shape index (κ2) is 9.67. The average molecular weight is 387 g/mol. The van der Waals surface area contributed by atoms with Crippen molar-refractivity contribution < 1.29 is 24.2 Å². The maximum Gasteiger partial charge on any atom is 0.306 e. The van der Waals surface area contributed by atoms with E-state index in [1.165, 1.54) is 0 Å². The first-order chi connectivity index (χ1) is 11.0. The van der Waals surface area contributed by atoms with Crippen molar-refractivity contribution in [3.8, 4) is 5.75 Å². The molecule has 128 valence electrons. The molecular formula is C17H23BrO5. The fourth-order valence-electron chi connectivity index (χ4n) is 2.01. The third-order valence-corrected chi connectivity index (χ3v) is 4.02. The summed E-state index contributed by atoms with van der Waals surface area (Å²) < 4.78 is 10.4. The van der Waals surface area contributed by atoms with Crippen LogP contribution in [0.15, 0.2) is 24.3 Å². The molecule has 0 saturated heterocycles. The second-order valence-corrected chi connectivity index (χ2v) is 5.89. The molecule has 1 aromatic carbocycles. The van der Waals surface area contributed by atoms with Gasteiger partial charge in [0.15, 0.2) is 5.78 Å². The van der Waals surface area contributed by atoms with Crippen molar-refractivity contribution in [2.45, 2.75) is 38.7 Å². The molecule has 0 saturated carbocycles. The summed E-state index contributed by atoms with van der Waals surface area (Å²) in [5.74, 6) is 0.0252. The molecule has 6 heteroatoms. The standard InChI is InChI=1S/C17H23BrO5/c1-3-17(21,4-2)16(20)13-5-7-14(8-6-13)22-11-12-23-15(19)9-10-18/h5-8,21H,3-4,9-12H2,1-2H3. The van der Waals surface area contributed by atoms with Gasteiger partial charge in [0.05, 0.1) is 6.42 Å². The van der Waals surface area contributed by atoms with E-state index in [9.17, 15) is 14.7 Å². The molecule has 0 heterocycles. The number of carbonyl (C=O) groups excluding carboxylic acids is 2. The topological polar surface area (TPSA) is 72.8 Å². The van der Waals surface area contributed by atoms with Crippen LogP contribution in [0.2, 0.25) is 0 Å². The quantitative estimate of drug-likeness (QED) is 0.289. The normalized spacial score (nSPS) is 11.1. The van der Waals surface area contributed by atoms with E-state index >= 15 is 0 Å². The van der Waals surface area contributed by atoms with Crippen molar-refractivity contribution in [3.63, 3.8) is 0 Å². The van der Waals surface area contributed by atoms with Gasteiger partial charge in [0.1, 0.15) is 24.6 Å². The predicted molar refractivity (Wildman–Crippen MR) is 91.2 cm³/mol. The molecule has 0 aliphatic rings. The first kappa shape index (κ1) is 19.6. The number of aliphatic hydroxyl groups is 1. The number of ether oxygens (including phenoxy) is 2. The SMILES string of the molecule is CCC(O)(CC)C(=O)c1ccc(OCCOC(=O)CCBr)cc1. The monoisotopic (exact) mass is 386 g/mol. The van der Waals surface area contributed by atoms with Gasteiger partial charge in [-0.3, -0.25) is 9.59 Å². The van der Waals surface area contributed by atoms with E-state index in [1.807, 2.05) is 0 Å². The van der Waals surface area contributed by atoms with Crippen LogP contribution in [-0.4, -0.2) is 41.0 Å². The Bertz CT molecular complexity index is 508. The van der Waals surface area contributed by atoms with Crippen LogP contribution in [0.5, 0.6) is 5.75 Å². The van der Waals surface area contributed by atoms with Crippen LogP contribution in [-0.2, 0) is 9.53 Å². The predicted octanol–water partition coefficient (Wildman–Crippen LogP) is 3.13. The maximum absolute atomic E-state index is 12.3. The minimum Gasteiger partial charge on any atom is -0.490 e. The average Bonchev–Trinajstić information content (AvgIpc) is 2.58. The maximum atomic E-state index is 12.3. The Balaban J connectivity index is 2.51. The van der Waals surface area contributed by atoms with Crippen LogP contribution in [0.1, 0.15) is 43.5 Å². The van der Waals surface area contributed by atoms with Gasteiger partial charge in [-0.05, 0) is 37.1 Å².